The monoisotopic (exact) mass is 338 g/mol. The molecule has 4 heteroatoms. The molecule has 0 amide bonds. The van der Waals surface area contributed by atoms with Crippen LogP contribution in [0.25, 0.3) is 32.3 Å². The summed E-state index contributed by atoms with van der Waals surface area (Å²) in [6, 6.07) is 18.6. The zero-order chi connectivity index (χ0) is 16.7. The highest BCUT2D eigenvalue weighted by molar-refractivity contribution is 7.54. The minimum absolute atomic E-state index is 0.350. The Bertz CT molecular complexity index is 1050. The van der Waals surface area contributed by atoms with Crippen molar-refractivity contribution in [2.45, 2.75) is 13.8 Å². The molecule has 0 saturated carbocycles. The van der Waals surface area contributed by atoms with Gasteiger partial charge in [0.05, 0.1) is 12.8 Å². The molecule has 1 unspecified atom stereocenters. The summed E-state index contributed by atoms with van der Waals surface area (Å²) in [6.07, 6.45) is 0.350. The fourth-order valence-corrected chi connectivity index (χ4v) is 4.53. The van der Waals surface area contributed by atoms with Gasteiger partial charge in [-0.1, -0.05) is 49.4 Å². The van der Waals surface area contributed by atoms with E-state index in [-0.39, 0.29) is 0 Å². The van der Waals surface area contributed by atoms with Crippen molar-refractivity contribution in [2.24, 2.45) is 0 Å². The van der Waals surface area contributed by atoms with Gasteiger partial charge < -0.3 is 9.05 Å². The first-order valence-corrected chi connectivity index (χ1v) is 9.97. The van der Waals surface area contributed by atoms with Crippen molar-refractivity contribution in [3.63, 3.8) is 0 Å². The Hall–Kier alpha value is -2.09. The molecule has 4 aromatic carbocycles. The van der Waals surface area contributed by atoms with Crippen LogP contribution in [0.5, 0.6) is 5.75 Å². The largest absolute Gasteiger partial charge is 0.424 e. The van der Waals surface area contributed by atoms with Gasteiger partial charge in [0.25, 0.3) is 0 Å². The van der Waals surface area contributed by atoms with Gasteiger partial charge in [-0.2, -0.15) is 0 Å². The summed E-state index contributed by atoms with van der Waals surface area (Å²) in [5, 5.41) is 6.91. The van der Waals surface area contributed by atoms with Crippen LogP contribution >= 0.6 is 7.60 Å². The lowest BCUT2D eigenvalue weighted by molar-refractivity contribution is 0.281. The molecular weight excluding hydrogens is 319 g/mol. The molecule has 4 rings (SSSR count). The van der Waals surface area contributed by atoms with Crippen molar-refractivity contribution in [1.29, 1.82) is 0 Å². The Morgan fingerprint density at radius 1 is 0.833 bits per heavy atom. The zero-order valence-electron chi connectivity index (χ0n) is 13.8. The molecule has 0 aliphatic rings. The summed E-state index contributed by atoms with van der Waals surface area (Å²) in [5.41, 5.74) is 0. The maximum Gasteiger partial charge on any atom is 0.378 e. The minimum atomic E-state index is -3.11. The molecule has 0 N–H and O–H groups in total. The van der Waals surface area contributed by atoms with E-state index in [2.05, 4.69) is 36.4 Å². The molecule has 0 aliphatic carbocycles. The predicted molar refractivity (Wildman–Crippen MR) is 101 cm³/mol. The van der Waals surface area contributed by atoms with E-state index in [4.69, 9.17) is 9.05 Å². The second-order valence-electron chi connectivity index (χ2n) is 5.86. The SMILES string of the molecule is CCOP(=O)(CC)Oc1ccc2ccc3cccc4ccc1c2c34. The third-order valence-electron chi connectivity index (χ3n) is 4.44. The summed E-state index contributed by atoms with van der Waals surface area (Å²) in [5.74, 6) is 0.624. The van der Waals surface area contributed by atoms with Crippen LogP contribution in [0.2, 0.25) is 0 Å². The highest BCUT2D eigenvalue weighted by Gasteiger charge is 2.24. The average molecular weight is 338 g/mol. The summed E-state index contributed by atoms with van der Waals surface area (Å²) in [4.78, 5) is 0. The topological polar surface area (TPSA) is 35.5 Å². The van der Waals surface area contributed by atoms with E-state index >= 15 is 0 Å². The lowest BCUT2D eigenvalue weighted by Gasteiger charge is -2.19. The van der Waals surface area contributed by atoms with Crippen LogP contribution in [-0.2, 0) is 9.09 Å². The van der Waals surface area contributed by atoms with Crippen LogP contribution < -0.4 is 4.52 Å². The van der Waals surface area contributed by atoms with Gasteiger partial charge in [-0.05, 0) is 40.6 Å². The van der Waals surface area contributed by atoms with Crippen molar-refractivity contribution >= 4 is 39.9 Å². The summed E-state index contributed by atoms with van der Waals surface area (Å²) >= 11 is 0. The molecule has 0 saturated heterocycles. The van der Waals surface area contributed by atoms with E-state index in [9.17, 15) is 4.57 Å². The molecule has 0 fully saturated rings. The van der Waals surface area contributed by atoms with Gasteiger partial charge in [-0.25, -0.2) is 4.57 Å². The third-order valence-corrected chi connectivity index (χ3v) is 6.34. The molecule has 1 atom stereocenters. The van der Waals surface area contributed by atoms with Crippen molar-refractivity contribution in [3.05, 3.63) is 54.6 Å². The van der Waals surface area contributed by atoms with Crippen molar-refractivity contribution < 1.29 is 13.6 Å². The normalized spacial score (nSPS) is 14.4. The van der Waals surface area contributed by atoms with E-state index in [1.54, 1.807) is 0 Å². The lowest BCUT2D eigenvalue weighted by atomic mass is 9.94. The van der Waals surface area contributed by atoms with Crippen LogP contribution in [0.15, 0.2) is 54.6 Å². The Morgan fingerprint density at radius 3 is 2.12 bits per heavy atom. The number of rotatable bonds is 5. The van der Waals surface area contributed by atoms with E-state index in [0.29, 0.717) is 18.5 Å². The van der Waals surface area contributed by atoms with Gasteiger partial charge in [0, 0.05) is 10.8 Å². The smallest absolute Gasteiger partial charge is 0.378 e. The molecule has 122 valence electrons. The highest BCUT2D eigenvalue weighted by atomic mass is 31.2. The van der Waals surface area contributed by atoms with Crippen LogP contribution in [0, 0.1) is 0 Å². The maximum atomic E-state index is 12.8. The Kier molecular flexibility index (Phi) is 3.71. The molecule has 0 aromatic heterocycles. The quantitative estimate of drug-likeness (QED) is 0.320. The number of hydrogen-bond acceptors (Lipinski definition) is 3. The molecule has 3 nitrogen and oxygen atoms in total. The molecule has 0 spiro atoms. The second-order valence-corrected chi connectivity index (χ2v) is 8.15. The fourth-order valence-electron chi connectivity index (χ4n) is 3.32. The van der Waals surface area contributed by atoms with Gasteiger partial charge in [0.1, 0.15) is 5.75 Å². The van der Waals surface area contributed by atoms with E-state index < -0.39 is 7.60 Å². The highest BCUT2D eigenvalue weighted by Crippen LogP contribution is 2.50. The predicted octanol–water partition coefficient (Wildman–Crippen LogP) is 6.21. The standard InChI is InChI=1S/C20H19O3P/c1-3-22-24(21,4-2)23-18-13-11-16-9-8-14-6-5-7-15-10-12-17(18)20(16)19(14)15/h5-13H,3-4H2,1-2H3. The van der Waals surface area contributed by atoms with Crippen LogP contribution in [-0.4, -0.2) is 12.8 Å². The van der Waals surface area contributed by atoms with Gasteiger partial charge >= 0.3 is 7.60 Å². The molecule has 0 bridgehead atoms. The third kappa shape index (κ3) is 2.36. The molecule has 24 heavy (non-hydrogen) atoms. The first-order chi connectivity index (χ1) is 11.6. The second kappa shape index (κ2) is 5.77. The van der Waals surface area contributed by atoms with Crippen LogP contribution in [0.4, 0.5) is 0 Å². The first kappa shape index (κ1) is 15.4. The Labute approximate surface area is 141 Å². The molecular formula is C20H19O3P. The summed E-state index contributed by atoms with van der Waals surface area (Å²) in [6.45, 7) is 4.03. The van der Waals surface area contributed by atoms with Crippen molar-refractivity contribution in [1.82, 2.24) is 0 Å². The van der Waals surface area contributed by atoms with Gasteiger partial charge in [-0.15, -0.1) is 0 Å². The van der Waals surface area contributed by atoms with Gasteiger partial charge in [-0.3, -0.25) is 0 Å². The number of benzene rings is 4. The van der Waals surface area contributed by atoms with E-state index in [1.807, 2.05) is 32.0 Å². The molecule has 0 radical (unpaired) electrons. The minimum Gasteiger partial charge on any atom is -0.424 e. The molecule has 0 heterocycles. The zero-order valence-corrected chi connectivity index (χ0v) is 14.7. The van der Waals surface area contributed by atoms with Crippen molar-refractivity contribution in [2.75, 3.05) is 12.8 Å². The summed E-state index contributed by atoms with van der Waals surface area (Å²) < 4.78 is 24.1. The fraction of sp³-hybridized carbons (Fsp3) is 0.200. The molecule has 0 aliphatic heterocycles. The number of hydrogen-bond donors (Lipinski definition) is 0. The average Bonchev–Trinajstić information content (AvgIpc) is 2.61. The van der Waals surface area contributed by atoms with Crippen LogP contribution in [0.3, 0.4) is 0 Å². The van der Waals surface area contributed by atoms with E-state index in [0.717, 1.165) is 16.2 Å². The van der Waals surface area contributed by atoms with E-state index in [1.165, 1.54) is 16.2 Å². The first-order valence-electron chi connectivity index (χ1n) is 8.25. The van der Waals surface area contributed by atoms with Gasteiger partial charge in [0.2, 0.25) is 0 Å². The van der Waals surface area contributed by atoms with Crippen LogP contribution in [0.1, 0.15) is 13.8 Å². The Morgan fingerprint density at radius 2 is 1.46 bits per heavy atom. The maximum absolute atomic E-state index is 12.8. The molecule has 4 aromatic rings. The van der Waals surface area contributed by atoms with Crippen molar-refractivity contribution in [3.8, 4) is 5.75 Å². The lowest BCUT2D eigenvalue weighted by Crippen LogP contribution is -2.01. The summed E-state index contributed by atoms with van der Waals surface area (Å²) in [7, 11) is -3.11. The Balaban J connectivity index is 1.99. The van der Waals surface area contributed by atoms with Gasteiger partial charge in [0.15, 0.2) is 0 Å².